The van der Waals surface area contributed by atoms with Crippen molar-refractivity contribution in [3.63, 3.8) is 0 Å². The molecule has 0 spiro atoms. The van der Waals surface area contributed by atoms with E-state index in [1.165, 1.54) is 109 Å². The van der Waals surface area contributed by atoms with Crippen LogP contribution < -0.4 is 41.5 Å². The summed E-state index contributed by atoms with van der Waals surface area (Å²) >= 11 is 3.85. The normalized spacial score (nSPS) is 12.2. The Hall–Kier alpha value is -7.91. The van der Waals surface area contributed by atoms with Crippen molar-refractivity contribution in [2.24, 2.45) is 0 Å². The smallest absolute Gasteiger partial charge is 0.181 e. The van der Waals surface area contributed by atoms with Gasteiger partial charge in [-0.1, -0.05) is 243 Å². The highest BCUT2D eigenvalue weighted by atomic mass is 32.1. The number of fused-ring (bicyclic) bond motifs is 10. The molecule has 0 aliphatic rings. The fourth-order valence-electron chi connectivity index (χ4n) is 12.1. The summed E-state index contributed by atoms with van der Waals surface area (Å²) in [6.07, 6.45) is 0. The Balaban J connectivity index is 1.04. The van der Waals surface area contributed by atoms with Crippen LogP contribution in [0.2, 0.25) is 0 Å². The average molecular weight is 972 g/mol. The minimum atomic E-state index is -3.04. The molecule has 0 saturated heterocycles. The summed E-state index contributed by atoms with van der Waals surface area (Å²) in [5.74, 6) is 0. The first-order valence-corrected chi connectivity index (χ1v) is 30.0. The molecule has 5 heteroatoms. The van der Waals surface area contributed by atoms with Crippen LogP contribution in [-0.4, -0.2) is 20.7 Å². The molecule has 0 aliphatic heterocycles. The lowest BCUT2D eigenvalue weighted by molar-refractivity contribution is 1.19. The van der Waals surface area contributed by atoms with Crippen molar-refractivity contribution in [2.75, 3.05) is 0 Å². The Morgan fingerprint density at radius 1 is 0.268 bits per heavy atom. The molecular formula is C66H45NS2Si2. The lowest BCUT2D eigenvalue weighted by Gasteiger charge is -2.37. The van der Waals surface area contributed by atoms with Crippen LogP contribution in [0.15, 0.2) is 273 Å². The van der Waals surface area contributed by atoms with Gasteiger partial charge in [0, 0.05) is 52.1 Å². The molecule has 3 heterocycles. The SMILES string of the molecule is c1ccc([Si](c2ccccc2)(c2ccc([Si](c3ccccc3)(c3ccccc3)c3cccc4c3sc3ccccc34)cc2)c2cccc(-n3c4ccccc4c4ccc5c6ccccc6sc5c43)c2)cc1. The van der Waals surface area contributed by atoms with Crippen molar-refractivity contribution < 1.29 is 0 Å². The highest BCUT2D eigenvalue weighted by Gasteiger charge is 2.45. The lowest BCUT2D eigenvalue weighted by Crippen LogP contribution is -2.76. The average Bonchev–Trinajstić information content (AvgIpc) is 4.13. The van der Waals surface area contributed by atoms with Gasteiger partial charge in [0.05, 0.1) is 15.7 Å². The summed E-state index contributed by atoms with van der Waals surface area (Å²) in [6, 6.07) is 104. The fourth-order valence-corrected chi connectivity index (χ4v) is 24.7. The molecule has 0 aliphatic carbocycles. The summed E-state index contributed by atoms with van der Waals surface area (Å²) in [5, 5.41) is 18.8. The van der Waals surface area contributed by atoms with Crippen LogP contribution in [0, 0.1) is 0 Å². The van der Waals surface area contributed by atoms with Gasteiger partial charge < -0.3 is 4.57 Å². The lowest BCUT2D eigenvalue weighted by atomic mass is 10.1. The predicted octanol–water partition coefficient (Wildman–Crippen LogP) is 12.3. The van der Waals surface area contributed by atoms with Gasteiger partial charge in [-0.05, 0) is 71.8 Å². The topological polar surface area (TPSA) is 4.93 Å². The minimum absolute atomic E-state index is 1.18. The molecule has 0 fully saturated rings. The monoisotopic (exact) mass is 971 g/mol. The molecule has 71 heavy (non-hydrogen) atoms. The first-order chi connectivity index (χ1) is 35.2. The Morgan fingerprint density at radius 2 is 0.676 bits per heavy atom. The standard InChI is InChI=1S/C66H45NS2Si2/c1-5-22-47(23-6-1)70(48-24-7-2-8-25-48,53-30-19-21-46(45-53)67-60-35-16-13-31-54(60)57-43-44-59-56-33-15-18-37-62(56)69-66(59)64(57)67)51-39-41-52(42-40-51)71(49-26-9-3-10-27-49,50-28-11-4-12-29-50)63-38-20-34-58-55-32-14-17-36-61(55)68-65(58)63/h1-45H. The number of aromatic nitrogens is 1. The summed E-state index contributed by atoms with van der Waals surface area (Å²) in [7, 11) is -5.99. The number of hydrogen-bond acceptors (Lipinski definition) is 2. The van der Waals surface area contributed by atoms with E-state index in [0.717, 1.165) is 0 Å². The third kappa shape index (κ3) is 6.34. The first kappa shape index (κ1) is 42.0. The Kier molecular flexibility index (Phi) is 10.0. The molecule has 11 aromatic carbocycles. The Labute approximate surface area is 422 Å². The zero-order valence-electron chi connectivity index (χ0n) is 38.7. The van der Waals surface area contributed by atoms with Gasteiger partial charge in [0.25, 0.3) is 0 Å². The van der Waals surface area contributed by atoms with Crippen molar-refractivity contribution >= 4 is 142 Å². The molecule has 0 bridgehead atoms. The zero-order valence-corrected chi connectivity index (χ0v) is 42.4. The molecule has 14 aromatic rings. The van der Waals surface area contributed by atoms with E-state index in [1.807, 2.05) is 22.7 Å². The highest BCUT2D eigenvalue weighted by molar-refractivity contribution is 7.31. The Bertz CT molecular complexity index is 4190. The van der Waals surface area contributed by atoms with Gasteiger partial charge in [-0.2, -0.15) is 0 Å². The van der Waals surface area contributed by atoms with E-state index in [2.05, 4.69) is 278 Å². The third-order valence-electron chi connectivity index (χ3n) is 15.1. The second-order valence-corrected chi connectivity index (χ2v) is 28.3. The van der Waals surface area contributed by atoms with Gasteiger partial charge in [0.2, 0.25) is 0 Å². The van der Waals surface area contributed by atoms with Crippen LogP contribution in [0.25, 0.3) is 67.8 Å². The van der Waals surface area contributed by atoms with Gasteiger partial charge in [0.15, 0.2) is 16.1 Å². The Morgan fingerprint density at radius 3 is 1.27 bits per heavy atom. The second-order valence-electron chi connectivity index (χ2n) is 18.7. The van der Waals surface area contributed by atoms with E-state index in [1.54, 1.807) is 0 Å². The van der Waals surface area contributed by atoms with Crippen molar-refractivity contribution in [3.8, 4) is 5.69 Å². The maximum absolute atomic E-state index is 3.04. The van der Waals surface area contributed by atoms with Gasteiger partial charge in [-0.15, -0.1) is 22.7 Å². The van der Waals surface area contributed by atoms with E-state index in [0.29, 0.717) is 0 Å². The maximum atomic E-state index is 2.55. The van der Waals surface area contributed by atoms with E-state index < -0.39 is 16.1 Å². The third-order valence-corrected chi connectivity index (χ3v) is 27.3. The number of para-hydroxylation sites is 1. The van der Waals surface area contributed by atoms with Crippen molar-refractivity contribution in [1.82, 2.24) is 4.57 Å². The minimum Gasteiger partial charge on any atom is -0.308 e. The van der Waals surface area contributed by atoms with Crippen LogP contribution in [-0.2, 0) is 0 Å². The molecule has 0 amide bonds. The van der Waals surface area contributed by atoms with Gasteiger partial charge in [0.1, 0.15) is 0 Å². The molecule has 3 aromatic heterocycles. The molecule has 0 atom stereocenters. The number of nitrogens with zero attached hydrogens (tertiary/aromatic N) is 1. The highest BCUT2D eigenvalue weighted by Crippen LogP contribution is 2.43. The van der Waals surface area contributed by atoms with Crippen molar-refractivity contribution in [1.29, 1.82) is 0 Å². The zero-order chi connectivity index (χ0) is 46.9. The summed E-state index contributed by atoms with van der Waals surface area (Å²) in [4.78, 5) is 0. The van der Waals surface area contributed by atoms with Crippen LogP contribution in [0.4, 0.5) is 0 Å². The van der Waals surface area contributed by atoms with Crippen molar-refractivity contribution in [3.05, 3.63) is 273 Å². The van der Waals surface area contributed by atoms with E-state index in [9.17, 15) is 0 Å². The fraction of sp³-hybridized carbons (Fsp3) is 0. The number of rotatable bonds is 9. The predicted molar refractivity (Wildman–Crippen MR) is 314 cm³/mol. The van der Waals surface area contributed by atoms with E-state index in [4.69, 9.17) is 0 Å². The molecule has 334 valence electrons. The quantitative estimate of drug-likeness (QED) is 0.100. The number of thiophene rings is 2. The summed E-state index contributed by atoms with van der Waals surface area (Å²) < 4.78 is 7.90. The maximum Gasteiger partial charge on any atom is 0.181 e. The van der Waals surface area contributed by atoms with Gasteiger partial charge in [-0.25, -0.2) is 0 Å². The molecular weight excluding hydrogens is 927 g/mol. The van der Waals surface area contributed by atoms with Gasteiger partial charge in [-0.3, -0.25) is 0 Å². The number of benzene rings is 11. The number of hydrogen-bond donors (Lipinski definition) is 0. The summed E-state index contributed by atoms with van der Waals surface area (Å²) in [6.45, 7) is 0. The van der Waals surface area contributed by atoms with Crippen LogP contribution >= 0.6 is 22.7 Å². The molecule has 1 nitrogen and oxygen atoms in total. The van der Waals surface area contributed by atoms with Crippen LogP contribution in [0.5, 0.6) is 0 Å². The molecule has 0 unspecified atom stereocenters. The summed E-state index contributed by atoms with van der Waals surface area (Å²) in [5.41, 5.74) is 3.67. The molecule has 0 N–H and O–H groups in total. The molecule has 14 rings (SSSR count). The largest absolute Gasteiger partial charge is 0.308 e. The van der Waals surface area contributed by atoms with Gasteiger partial charge >= 0.3 is 0 Å². The van der Waals surface area contributed by atoms with Crippen LogP contribution in [0.1, 0.15) is 0 Å². The first-order valence-electron chi connectivity index (χ1n) is 24.4. The molecule has 0 radical (unpaired) electrons. The van der Waals surface area contributed by atoms with E-state index in [-0.39, 0.29) is 0 Å². The van der Waals surface area contributed by atoms with Crippen molar-refractivity contribution in [2.45, 2.75) is 0 Å². The molecule has 0 saturated carbocycles. The van der Waals surface area contributed by atoms with Crippen LogP contribution in [0.3, 0.4) is 0 Å². The van der Waals surface area contributed by atoms with E-state index >= 15 is 0 Å². The second kappa shape index (κ2) is 16.9.